The van der Waals surface area contributed by atoms with E-state index in [1.165, 1.54) is 55.2 Å². The predicted octanol–water partition coefficient (Wildman–Crippen LogP) is 8.84. The van der Waals surface area contributed by atoms with Gasteiger partial charge >= 0.3 is 0 Å². The zero-order valence-electron chi connectivity index (χ0n) is 19.7. The monoisotopic (exact) mass is 450 g/mol. The molecule has 35 heavy (non-hydrogen) atoms. The lowest BCUT2D eigenvalue weighted by Gasteiger charge is -2.18. The molecule has 0 N–H and O–H groups in total. The molecule has 2 heterocycles. The van der Waals surface area contributed by atoms with Gasteiger partial charge in [-0.3, -0.25) is 0 Å². The summed E-state index contributed by atoms with van der Waals surface area (Å²) in [7, 11) is 0. The van der Waals surface area contributed by atoms with Crippen molar-refractivity contribution < 1.29 is 0 Å². The molecular weight excluding hydrogens is 424 g/mol. The summed E-state index contributed by atoms with van der Waals surface area (Å²) in [5.74, 6) is 0.557. The number of allylic oxidation sites excluding steroid dienone is 4. The summed E-state index contributed by atoms with van der Waals surface area (Å²) < 4.78 is 4.71. The highest BCUT2D eigenvalue weighted by Crippen LogP contribution is 2.37. The molecule has 0 saturated heterocycles. The number of para-hydroxylation sites is 2. The van der Waals surface area contributed by atoms with Crippen LogP contribution in [0.4, 0.5) is 0 Å². The van der Waals surface area contributed by atoms with Gasteiger partial charge in [0.15, 0.2) is 0 Å². The van der Waals surface area contributed by atoms with Gasteiger partial charge in [0.1, 0.15) is 0 Å². The molecule has 2 heteroatoms. The van der Waals surface area contributed by atoms with E-state index in [1.807, 2.05) is 0 Å². The number of fused-ring (bicyclic) bond motifs is 4. The van der Waals surface area contributed by atoms with E-state index in [0.717, 1.165) is 6.42 Å². The molecule has 2 aromatic heterocycles. The van der Waals surface area contributed by atoms with Gasteiger partial charge in [0, 0.05) is 28.4 Å². The van der Waals surface area contributed by atoms with E-state index in [-0.39, 0.29) is 0 Å². The highest BCUT2D eigenvalue weighted by atomic mass is 15.0. The van der Waals surface area contributed by atoms with Crippen molar-refractivity contribution in [2.24, 2.45) is 5.92 Å². The Morgan fingerprint density at radius 1 is 0.686 bits per heavy atom. The molecule has 0 amide bonds. The molecule has 0 saturated carbocycles. The van der Waals surface area contributed by atoms with E-state index in [9.17, 15) is 0 Å². The van der Waals surface area contributed by atoms with E-state index in [1.54, 1.807) is 0 Å². The van der Waals surface area contributed by atoms with Gasteiger partial charge in [-0.15, -0.1) is 0 Å². The maximum atomic E-state index is 2.45. The first-order valence-corrected chi connectivity index (χ1v) is 12.3. The fraction of sp³-hybridized carbons (Fsp3) is 0.0909. The number of rotatable bonds is 3. The van der Waals surface area contributed by atoms with E-state index < -0.39 is 0 Å². The van der Waals surface area contributed by atoms with Gasteiger partial charge in [-0.2, -0.15) is 0 Å². The van der Waals surface area contributed by atoms with Crippen molar-refractivity contribution in [3.05, 3.63) is 121 Å². The Hall–Kier alpha value is -4.30. The topological polar surface area (TPSA) is 9.86 Å². The zero-order valence-corrected chi connectivity index (χ0v) is 19.7. The minimum Gasteiger partial charge on any atom is -0.317 e. The zero-order chi connectivity index (χ0) is 23.4. The molecule has 4 aromatic carbocycles. The molecule has 0 bridgehead atoms. The molecule has 1 atom stereocenters. The summed E-state index contributed by atoms with van der Waals surface area (Å²) in [5, 5.41) is 3.88. The Kier molecular flexibility index (Phi) is 4.53. The van der Waals surface area contributed by atoms with E-state index in [4.69, 9.17) is 0 Å². The maximum Gasteiger partial charge on any atom is 0.0538 e. The normalized spacial score (nSPS) is 15.8. The van der Waals surface area contributed by atoms with Crippen LogP contribution in [0.5, 0.6) is 0 Å². The van der Waals surface area contributed by atoms with Gasteiger partial charge in [0.05, 0.1) is 16.6 Å². The Morgan fingerprint density at radius 2 is 1.43 bits per heavy atom. The summed E-state index contributed by atoms with van der Waals surface area (Å²) in [6, 6.07) is 35.3. The summed E-state index contributed by atoms with van der Waals surface area (Å²) in [4.78, 5) is 0. The molecule has 1 aliphatic carbocycles. The maximum absolute atomic E-state index is 2.45. The number of hydrogen-bond donors (Lipinski definition) is 0. The van der Waals surface area contributed by atoms with Crippen molar-refractivity contribution in [1.82, 2.24) is 9.13 Å². The molecule has 1 aliphatic rings. The minimum atomic E-state index is 0.557. The Bertz CT molecular complexity index is 1770. The van der Waals surface area contributed by atoms with Crippen molar-refractivity contribution in [3.63, 3.8) is 0 Å². The van der Waals surface area contributed by atoms with Crippen LogP contribution >= 0.6 is 0 Å². The minimum absolute atomic E-state index is 0.557. The van der Waals surface area contributed by atoms with Crippen LogP contribution in [0.1, 0.15) is 13.3 Å². The van der Waals surface area contributed by atoms with Gasteiger partial charge in [-0.05, 0) is 77.4 Å². The lowest BCUT2D eigenvalue weighted by atomic mass is 10.00. The van der Waals surface area contributed by atoms with Crippen molar-refractivity contribution in [1.29, 1.82) is 0 Å². The van der Waals surface area contributed by atoms with Crippen LogP contribution in [0.15, 0.2) is 121 Å². The van der Waals surface area contributed by atoms with E-state index >= 15 is 0 Å². The van der Waals surface area contributed by atoms with Crippen molar-refractivity contribution in [2.75, 3.05) is 0 Å². The van der Waals surface area contributed by atoms with Crippen LogP contribution in [0.25, 0.3) is 55.2 Å². The van der Waals surface area contributed by atoms with Crippen molar-refractivity contribution >= 4 is 38.4 Å². The van der Waals surface area contributed by atoms with Crippen LogP contribution in [0, 0.1) is 5.92 Å². The molecule has 0 spiro atoms. The highest BCUT2D eigenvalue weighted by Gasteiger charge is 2.16. The second kappa shape index (κ2) is 7.89. The Labute approximate surface area is 205 Å². The van der Waals surface area contributed by atoms with Gasteiger partial charge in [0.25, 0.3) is 0 Å². The average molecular weight is 451 g/mol. The molecule has 0 radical (unpaired) electrons. The van der Waals surface area contributed by atoms with E-state index in [0.29, 0.717) is 5.92 Å². The summed E-state index contributed by atoms with van der Waals surface area (Å²) in [6.45, 7) is 2.29. The third kappa shape index (κ3) is 3.25. The SMILES string of the molecule is CC1C=CC=C(n2c3ccccc3c3cc(-c4ccc(-n5ccc6ccccc65)cc4)ccc32)C1. The van der Waals surface area contributed by atoms with Gasteiger partial charge in [0.2, 0.25) is 0 Å². The number of benzene rings is 4. The second-order valence-electron chi connectivity index (χ2n) is 9.60. The van der Waals surface area contributed by atoms with Gasteiger partial charge in [-0.25, -0.2) is 0 Å². The lowest BCUT2D eigenvalue weighted by molar-refractivity contribution is 0.730. The highest BCUT2D eigenvalue weighted by molar-refractivity contribution is 6.11. The first kappa shape index (κ1) is 20.1. The number of aromatic nitrogens is 2. The smallest absolute Gasteiger partial charge is 0.0538 e. The van der Waals surface area contributed by atoms with E-state index in [2.05, 4.69) is 138 Å². The average Bonchev–Trinajstić information content (AvgIpc) is 3.48. The first-order valence-electron chi connectivity index (χ1n) is 12.3. The lowest BCUT2D eigenvalue weighted by Crippen LogP contribution is -2.04. The van der Waals surface area contributed by atoms with Gasteiger partial charge in [-0.1, -0.05) is 73.7 Å². The van der Waals surface area contributed by atoms with Crippen LogP contribution in [-0.4, -0.2) is 9.13 Å². The Balaban J connectivity index is 1.33. The van der Waals surface area contributed by atoms with Crippen LogP contribution < -0.4 is 0 Å². The van der Waals surface area contributed by atoms with Crippen LogP contribution in [0.3, 0.4) is 0 Å². The molecule has 0 fully saturated rings. The molecule has 0 aliphatic heterocycles. The summed E-state index contributed by atoms with van der Waals surface area (Å²) in [6.07, 6.45) is 9.96. The summed E-state index contributed by atoms with van der Waals surface area (Å²) in [5.41, 5.74) is 8.81. The van der Waals surface area contributed by atoms with Gasteiger partial charge < -0.3 is 9.13 Å². The molecule has 1 unspecified atom stereocenters. The van der Waals surface area contributed by atoms with Crippen LogP contribution in [0.2, 0.25) is 0 Å². The molecule has 2 nitrogen and oxygen atoms in total. The van der Waals surface area contributed by atoms with Crippen molar-refractivity contribution in [3.8, 4) is 16.8 Å². The second-order valence-corrected chi connectivity index (χ2v) is 9.60. The number of nitrogens with zero attached hydrogens (tertiary/aromatic N) is 2. The summed E-state index contributed by atoms with van der Waals surface area (Å²) >= 11 is 0. The number of hydrogen-bond acceptors (Lipinski definition) is 0. The standard InChI is InChI=1S/C33H26N2/c1-23-7-6-9-28(21-23)35-32-12-5-3-10-29(32)30-22-26(15-18-33(30)35)24-13-16-27(17-14-24)34-20-19-25-8-2-4-11-31(25)34/h2-20,22-23H,21H2,1H3. The quantitative estimate of drug-likeness (QED) is 0.255. The molecule has 7 rings (SSSR count). The van der Waals surface area contributed by atoms with Crippen molar-refractivity contribution in [2.45, 2.75) is 13.3 Å². The predicted molar refractivity (Wildman–Crippen MR) is 149 cm³/mol. The van der Waals surface area contributed by atoms with Crippen LogP contribution in [-0.2, 0) is 0 Å². The third-order valence-corrected chi connectivity index (χ3v) is 7.30. The molecule has 6 aromatic rings. The fourth-order valence-electron chi connectivity index (χ4n) is 5.57. The fourth-order valence-corrected chi connectivity index (χ4v) is 5.57. The first-order chi connectivity index (χ1) is 17.3. The molecule has 168 valence electrons. The third-order valence-electron chi connectivity index (χ3n) is 7.30. The largest absolute Gasteiger partial charge is 0.317 e. The Morgan fingerprint density at radius 3 is 2.29 bits per heavy atom. The molecular formula is C33H26N2.